The summed E-state index contributed by atoms with van der Waals surface area (Å²) in [4.78, 5) is 7.04. The number of hydrogen-bond acceptors (Lipinski definition) is 7. The summed E-state index contributed by atoms with van der Waals surface area (Å²) in [6.07, 6.45) is 1.71. The van der Waals surface area contributed by atoms with E-state index in [0.717, 1.165) is 24.4 Å². The number of phenols is 1. The summed E-state index contributed by atoms with van der Waals surface area (Å²) in [5.74, 6) is 2.02. The lowest BCUT2D eigenvalue weighted by molar-refractivity contribution is 0.0180. The largest absolute Gasteiger partial charge is 0.504 e. The first-order valence-corrected chi connectivity index (χ1v) is 10.7. The lowest BCUT2D eigenvalue weighted by Crippen LogP contribution is -2.40. The van der Waals surface area contributed by atoms with Crippen LogP contribution in [0, 0.1) is 0 Å². The van der Waals surface area contributed by atoms with E-state index in [1.165, 1.54) is 0 Å². The summed E-state index contributed by atoms with van der Waals surface area (Å²) in [7, 11) is 1.65. The topological polar surface area (TPSA) is 72.8 Å². The van der Waals surface area contributed by atoms with Gasteiger partial charge < -0.3 is 24.1 Å². The Balaban J connectivity index is 1.83. The molecule has 7 heteroatoms. The van der Waals surface area contributed by atoms with Crippen molar-refractivity contribution in [3.63, 3.8) is 0 Å². The number of benzene rings is 2. The molecule has 168 valence electrons. The fraction of sp³-hybridized carbons (Fsp3) is 0.458. The van der Waals surface area contributed by atoms with Crippen LogP contribution in [0.2, 0.25) is 0 Å². The van der Waals surface area contributed by atoms with Gasteiger partial charge in [-0.1, -0.05) is 12.1 Å². The van der Waals surface area contributed by atoms with Gasteiger partial charge in [0.25, 0.3) is 0 Å². The first-order chi connectivity index (χ1) is 15.2. The predicted octanol–water partition coefficient (Wildman–Crippen LogP) is 3.69. The third-order valence-corrected chi connectivity index (χ3v) is 5.20. The minimum atomic E-state index is 0.0574. The van der Waals surface area contributed by atoms with E-state index in [2.05, 4.69) is 16.0 Å². The Kier molecular flexibility index (Phi) is 8.55. The van der Waals surface area contributed by atoms with Crippen LogP contribution in [-0.2, 0) is 4.74 Å². The van der Waals surface area contributed by atoms with Crippen molar-refractivity contribution in [2.24, 2.45) is 4.99 Å². The second kappa shape index (κ2) is 11.6. The van der Waals surface area contributed by atoms with Crippen LogP contribution in [0.5, 0.6) is 23.0 Å². The van der Waals surface area contributed by atoms with Gasteiger partial charge in [-0.25, -0.2) is 0 Å². The second-order valence-electron chi connectivity index (χ2n) is 7.13. The van der Waals surface area contributed by atoms with E-state index in [1.54, 1.807) is 19.4 Å². The number of rotatable bonds is 10. The van der Waals surface area contributed by atoms with Gasteiger partial charge in [0.2, 0.25) is 0 Å². The highest BCUT2D eigenvalue weighted by Gasteiger charge is 2.23. The van der Waals surface area contributed by atoms with Gasteiger partial charge in [0.05, 0.1) is 46.1 Å². The van der Waals surface area contributed by atoms with E-state index in [-0.39, 0.29) is 11.8 Å². The van der Waals surface area contributed by atoms with Crippen molar-refractivity contribution >= 4 is 6.21 Å². The fourth-order valence-corrected chi connectivity index (χ4v) is 3.65. The molecule has 1 aliphatic rings. The molecule has 1 saturated heterocycles. The van der Waals surface area contributed by atoms with Gasteiger partial charge in [0.1, 0.15) is 0 Å². The van der Waals surface area contributed by atoms with Crippen molar-refractivity contribution in [1.29, 1.82) is 0 Å². The van der Waals surface area contributed by atoms with Crippen LogP contribution in [0.3, 0.4) is 0 Å². The molecule has 7 nitrogen and oxygen atoms in total. The number of phenolic OH excluding ortho intramolecular Hbond substituents is 1. The van der Waals surface area contributed by atoms with Gasteiger partial charge >= 0.3 is 0 Å². The molecule has 1 atom stereocenters. The molecule has 0 aromatic heterocycles. The molecule has 0 unspecified atom stereocenters. The van der Waals surface area contributed by atoms with Crippen molar-refractivity contribution in [1.82, 2.24) is 4.90 Å². The average molecular weight is 429 g/mol. The number of nitrogens with zero attached hydrogens (tertiary/aromatic N) is 2. The molecular formula is C24H32N2O5. The van der Waals surface area contributed by atoms with Crippen molar-refractivity contribution in [3.8, 4) is 23.0 Å². The van der Waals surface area contributed by atoms with E-state index in [1.807, 2.05) is 38.1 Å². The SMILES string of the molecule is CCOc1ccc([C@@H](CN=Cc2cccc(OCC)c2O)N2CCOCC2)cc1OC. The molecule has 0 spiro atoms. The summed E-state index contributed by atoms with van der Waals surface area (Å²) < 4.78 is 22.2. The molecule has 31 heavy (non-hydrogen) atoms. The van der Waals surface area contributed by atoms with Gasteiger partial charge in [-0.3, -0.25) is 9.89 Å². The molecule has 1 aliphatic heterocycles. The maximum atomic E-state index is 10.4. The van der Waals surface area contributed by atoms with Crippen LogP contribution in [-0.4, -0.2) is 69.4 Å². The van der Waals surface area contributed by atoms with E-state index in [0.29, 0.717) is 50.0 Å². The van der Waals surface area contributed by atoms with Crippen LogP contribution in [0.1, 0.15) is 31.0 Å². The second-order valence-corrected chi connectivity index (χ2v) is 7.13. The van der Waals surface area contributed by atoms with Gasteiger partial charge in [0.15, 0.2) is 23.0 Å². The molecule has 0 bridgehead atoms. The predicted molar refractivity (Wildman–Crippen MR) is 121 cm³/mol. The van der Waals surface area contributed by atoms with E-state index in [4.69, 9.17) is 18.9 Å². The Morgan fingerprint density at radius 3 is 2.52 bits per heavy atom. The molecule has 0 amide bonds. The fourth-order valence-electron chi connectivity index (χ4n) is 3.65. The van der Waals surface area contributed by atoms with Crippen LogP contribution >= 0.6 is 0 Å². The Morgan fingerprint density at radius 1 is 1.06 bits per heavy atom. The maximum Gasteiger partial charge on any atom is 0.166 e. The zero-order valence-electron chi connectivity index (χ0n) is 18.5. The van der Waals surface area contributed by atoms with E-state index in [9.17, 15) is 5.11 Å². The molecule has 0 aliphatic carbocycles. The van der Waals surface area contributed by atoms with Crippen LogP contribution in [0.25, 0.3) is 0 Å². The molecule has 3 rings (SSSR count). The van der Waals surface area contributed by atoms with Crippen molar-refractivity contribution < 1.29 is 24.1 Å². The first-order valence-electron chi connectivity index (χ1n) is 10.7. The van der Waals surface area contributed by atoms with Crippen LogP contribution in [0.4, 0.5) is 0 Å². The quantitative estimate of drug-likeness (QED) is 0.582. The summed E-state index contributed by atoms with van der Waals surface area (Å²) in [6.45, 7) is 8.52. The zero-order valence-corrected chi connectivity index (χ0v) is 18.5. The summed E-state index contributed by atoms with van der Waals surface area (Å²) >= 11 is 0. The smallest absolute Gasteiger partial charge is 0.166 e. The van der Waals surface area contributed by atoms with E-state index >= 15 is 0 Å². The van der Waals surface area contributed by atoms with Crippen LogP contribution in [0.15, 0.2) is 41.4 Å². The Hall–Kier alpha value is -2.77. The number of ether oxygens (including phenoxy) is 4. The monoisotopic (exact) mass is 428 g/mol. The van der Waals surface area contributed by atoms with Gasteiger partial charge in [-0.2, -0.15) is 0 Å². The normalized spacial score (nSPS) is 15.7. The molecular weight excluding hydrogens is 396 g/mol. The number of morpholine rings is 1. The minimum absolute atomic E-state index is 0.0574. The summed E-state index contributed by atoms with van der Waals surface area (Å²) in [5, 5.41) is 10.4. The van der Waals surface area contributed by atoms with Gasteiger partial charge in [-0.05, 0) is 43.7 Å². The van der Waals surface area contributed by atoms with Crippen molar-refractivity contribution in [2.75, 3.05) is 53.2 Å². The molecule has 1 fully saturated rings. The Labute approximate surface area is 184 Å². The Bertz CT molecular complexity index is 865. The van der Waals surface area contributed by atoms with Crippen LogP contribution < -0.4 is 14.2 Å². The number of aliphatic imine (C=N–C) groups is 1. The first kappa shape index (κ1) is 22.9. The highest BCUT2D eigenvalue weighted by Crippen LogP contribution is 2.33. The van der Waals surface area contributed by atoms with Gasteiger partial charge in [0, 0.05) is 24.9 Å². The lowest BCUT2D eigenvalue weighted by Gasteiger charge is -2.34. The summed E-state index contributed by atoms with van der Waals surface area (Å²) in [6, 6.07) is 11.5. The molecule has 0 radical (unpaired) electrons. The molecule has 1 N–H and O–H groups in total. The van der Waals surface area contributed by atoms with E-state index < -0.39 is 0 Å². The highest BCUT2D eigenvalue weighted by molar-refractivity contribution is 5.84. The third-order valence-electron chi connectivity index (χ3n) is 5.20. The van der Waals surface area contributed by atoms with Crippen molar-refractivity contribution in [3.05, 3.63) is 47.5 Å². The molecule has 2 aromatic rings. The Morgan fingerprint density at radius 2 is 1.81 bits per heavy atom. The van der Waals surface area contributed by atoms with Gasteiger partial charge in [-0.15, -0.1) is 0 Å². The highest BCUT2D eigenvalue weighted by atomic mass is 16.5. The minimum Gasteiger partial charge on any atom is -0.504 e. The number of methoxy groups -OCH3 is 1. The average Bonchev–Trinajstić information content (AvgIpc) is 2.80. The summed E-state index contributed by atoms with van der Waals surface area (Å²) in [5.41, 5.74) is 1.74. The number of para-hydroxylation sites is 1. The maximum absolute atomic E-state index is 10.4. The zero-order chi connectivity index (χ0) is 22.1. The molecule has 1 heterocycles. The number of hydrogen-bond donors (Lipinski definition) is 1. The lowest BCUT2D eigenvalue weighted by atomic mass is 10.0. The third kappa shape index (κ3) is 5.89. The molecule has 0 saturated carbocycles. The van der Waals surface area contributed by atoms with Crippen molar-refractivity contribution in [2.45, 2.75) is 19.9 Å². The number of aromatic hydroxyl groups is 1. The molecule has 2 aromatic carbocycles. The standard InChI is InChI=1S/C24H32N2O5/c1-4-30-21-10-9-18(15-23(21)28-3)20(26-11-13-29-14-12-26)17-25-16-19-7-6-8-22(24(19)27)31-5-2/h6-10,15-16,20,27H,4-5,11-14,17H2,1-3H3/t20-/m1/s1.